The predicted octanol–water partition coefficient (Wildman–Crippen LogP) is 1.13. The zero-order chi connectivity index (χ0) is 6.69. The van der Waals surface area contributed by atoms with Gasteiger partial charge in [-0.15, -0.1) is 0 Å². The first kappa shape index (κ1) is 6.45. The summed E-state index contributed by atoms with van der Waals surface area (Å²) < 4.78 is 0. The van der Waals surface area contributed by atoms with E-state index < -0.39 is 0 Å². The number of nitrogens with zero attached hydrogens (tertiary/aromatic N) is 1. The van der Waals surface area contributed by atoms with Crippen LogP contribution in [0.4, 0.5) is 0 Å². The highest BCUT2D eigenvalue weighted by atomic mass is 32.1. The molecule has 1 rings (SSSR count). The van der Waals surface area contributed by atoms with Crippen LogP contribution in [0.3, 0.4) is 0 Å². The number of aliphatic hydroxyl groups is 1. The van der Waals surface area contributed by atoms with Gasteiger partial charge in [0.1, 0.15) is 5.03 Å². The van der Waals surface area contributed by atoms with Crippen molar-refractivity contribution in [3.8, 4) is 0 Å². The van der Waals surface area contributed by atoms with E-state index >= 15 is 0 Å². The van der Waals surface area contributed by atoms with Crippen molar-refractivity contribution < 1.29 is 5.11 Å². The molecule has 1 heterocycles. The Morgan fingerprint density at radius 3 is 2.78 bits per heavy atom. The molecule has 2 nitrogen and oxygen atoms in total. The summed E-state index contributed by atoms with van der Waals surface area (Å²) >= 11 is 4.73. The molecular formula is C6H6NOS. The average Bonchev–Trinajstić information content (AvgIpc) is 1.90. The maximum absolute atomic E-state index is 8.55. The maximum Gasteiger partial charge on any atom is 0.126 e. The third kappa shape index (κ3) is 1.62. The Balaban J connectivity index is 2.88. The summed E-state index contributed by atoms with van der Waals surface area (Å²) in [4.78, 5) is 3.80. The molecule has 0 spiro atoms. The minimum Gasteiger partial charge on any atom is -0.392 e. The first-order valence-electron chi connectivity index (χ1n) is 2.56. The quantitative estimate of drug-likeness (QED) is 0.634. The van der Waals surface area contributed by atoms with Gasteiger partial charge in [0.2, 0.25) is 0 Å². The summed E-state index contributed by atoms with van der Waals surface area (Å²) in [5.74, 6) is 0. The van der Waals surface area contributed by atoms with Crippen molar-refractivity contribution in [2.45, 2.75) is 11.6 Å². The van der Waals surface area contributed by atoms with Crippen molar-refractivity contribution in [1.82, 2.24) is 4.98 Å². The van der Waals surface area contributed by atoms with E-state index in [9.17, 15) is 0 Å². The molecule has 0 aliphatic carbocycles. The molecule has 0 bridgehead atoms. The molecule has 0 aliphatic rings. The van der Waals surface area contributed by atoms with E-state index in [1.807, 2.05) is 0 Å². The van der Waals surface area contributed by atoms with Gasteiger partial charge in [0, 0.05) is 6.20 Å². The van der Waals surface area contributed by atoms with Crippen LogP contribution in [0.1, 0.15) is 5.56 Å². The molecule has 0 aromatic carbocycles. The maximum atomic E-state index is 8.55. The van der Waals surface area contributed by atoms with E-state index in [0.717, 1.165) is 5.56 Å². The normalized spacial score (nSPS) is 9.44. The second-order valence-electron chi connectivity index (χ2n) is 1.66. The number of pyridine rings is 1. The Morgan fingerprint density at radius 1 is 1.56 bits per heavy atom. The summed E-state index contributed by atoms with van der Waals surface area (Å²) in [5, 5.41) is 9.12. The topological polar surface area (TPSA) is 33.1 Å². The molecule has 1 aromatic heterocycles. The standard InChI is InChI=1S/C6H6NOS/c8-4-5-1-2-6(9)7-3-5/h1-3,8H,4H2. The van der Waals surface area contributed by atoms with E-state index in [1.165, 1.54) is 0 Å². The molecule has 0 saturated heterocycles. The molecule has 0 aliphatic heterocycles. The van der Waals surface area contributed by atoms with Gasteiger partial charge in [0.15, 0.2) is 0 Å². The molecule has 1 aromatic rings. The van der Waals surface area contributed by atoms with Gasteiger partial charge in [-0.2, -0.15) is 0 Å². The Bertz CT molecular complexity index is 185. The van der Waals surface area contributed by atoms with Crippen LogP contribution in [-0.2, 0) is 6.61 Å². The molecular weight excluding hydrogens is 134 g/mol. The van der Waals surface area contributed by atoms with Gasteiger partial charge in [0.05, 0.1) is 6.61 Å². The lowest BCUT2D eigenvalue weighted by atomic mass is 10.3. The Kier molecular flexibility index (Phi) is 1.97. The van der Waals surface area contributed by atoms with Gasteiger partial charge in [0.25, 0.3) is 0 Å². The fourth-order valence-electron chi connectivity index (χ4n) is 0.504. The van der Waals surface area contributed by atoms with Crippen LogP contribution >= 0.6 is 12.6 Å². The fraction of sp³-hybridized carbons (Fsp3) is 0.167. The van der Waals surface area contributed by atoms with Crippen LogP contribution in [0, 0.1) is 0 Å². The Hall–Kier alpha value is -0.670. The monoisotopic (exact) mass is 140 g/mol. The lowest BCUT2D eigenvalue weighted by Crippen LogP contribution is -1.83. The number of aliphatic hydroxyl groups excluding tert-OH is 1. The molecule has 47 valence electrons. The lowest BCUT2D eigenvalue weighted by molar-refractivity contribution is 0.281. The number of hydrogen-bond donors (Lipinski definition) is 1. The zero-order valence-electron chi connectivity index (χ0n) is 4.74. The highest BCUT2D eigenvalue weighted by Crippen LogP contribution is 2.02. The van der Waals surface area contributed by atoms with Crippen LogP contribution in [0.2, 0.25) is 0 Å². The zero-order valence-corrected chi connectivity index (χ0v) is 5.56. The van der Waals surface area contributed by atoms with Crippen molar-refractivity contribution in [1.29, 1.82) is 0 Å². The van der Waals surface area contributed by atoms with Crippen molar-refractivity contribution in [3.63, 3.8) is 0 Å². The summed E-state index contributed by atoms with van der Waals surface area (Å²) in [6.45, 7) is 0.0304. The summed E-state index contributed by atoms with van der Waals surface area (Å²) in [6, 6.07) is 3.45. The van der Waals surface area contributed by atoms with E-state index in [1.54, 1.807) is 18.3 Å². The smallest absolute Gasteiger partial charge is 0.126 e. The van der Waals surface area contributed by atoms with Gasteiger partial charge in [-0.3, -0.25) is 0 Å². The molecule has 0 saturated carbocycles. The number of aromatic nitrogens is 1. The first-order chi connectivity index (χ1) is 4.33. The second-order valence-corrected chi connectivity index (χ2v) is 2.08. The molecule has 0 fully saturated rings. The van der Waals surface area contributed by atoms with Gasteiger partial charge >= 0.3 is 0 Å². The minimum atomic E-state index is 0.0304. The highest BCUT2D eigenvalue weighted by molar-refractivity contribution is 7.80. The SMILES string of the molecule is OCc1ccc([S])nc1. The van der Waals surface area contributed by atoms with Crippen LogP contribution < -0.4 is 0 Å². The number of rotatable bonds is 1. The first-order valence-corrected chi connectivity index (χ1v) is 2.96. The van der Waals surface area contributed by atoms with Crippen molar-refractivity contribution in [3.05, 3.63) is 23.9 Å². The van der Waals surface area contributed by atoms with Crippen molar-refractivity contribution in [2.75, 3.05) is 0 Å². The Labute approximate surface area is 59.0 Å². The van der Waals surface area contributed by atoms with Gasteiger partial charge < -0.3 is 5.11 Å². The lowest BCUT2D eigenvalue weighted by Gasteiger charge is -1.91. The Morgan fingerprint density at radius 2 is 2.33 bits per heavy atom. The third-order valence-electron chi connectivity index (χ3n) is 0.980. The second kappa shape index (κ2) is 2.75. The van der Waals surface area contributed by atoms with E-state index in [4.69, 9.17) is 17.7 Å². The van der Waals surface area contributed by atoms with Crippen molar-refractivity contribution in [2.24, 2.45) is 0 Å². The molecule has 0 atom stereocenters. The van der Waals surface area contributed by atoms with Crippen molar-refractivity contribution >= 4 is 12.6 Å². The molecule has 9 heavy (non-hydrogen) atoms. The van der Waals surface area contributed by atoms with Gasteiger partial charge in [-0.25, -0.2) is 4.98 Å². The van der Waals surface area contributed by atoms with E-state index in [0.29, 0.717) is 5.03 Å². The molecule has 0 amide bonds. The number of hydrogen-bond acceptors (Lipinski definition) is 2. The fourth-order valence-corrected chi connectivity index (χ4v) is 0.625. The average molecular weight is 140 g/mol. The van der Waals surface area contributed by atoms with Crippen LogP contribution in [-0.4, -0.2) is 10.1 Å². The highest BCUT2D eigenvalue weighted by Gasteiger charge is 1.88. The van der Waals surface area contributed by atoms with Gasteiger partial charge in [-0.1, -0.05) is 18.7 Å². The van der Waals surface area contributed by atoms with Crippen LogP contribution in [0.25, 0.3) is 0 Å². The summed E-state index contributed by atoms with van der Waals surface area (Å²) in [6.07, 6.45) is 1.57. The van der Waals surface area contributed by atoms with Gasteiger partial charge in [-0.05, 0) is 11.6 Å². The largest absolute Gasteiger partial charge is 0.392 e. The van der Waals surface area contributed by atoms with E-state index in [-0.39, 0.29) is 6.61 Å². The molecule has 1 N–H and O–H groups in total. The predicted molar refractivity (Wildman–Crippen MR) is 36.0 cm³/mol. The summed E-state index contributed by atoms with van der Waals surface area (Å²) in [7, 11) is 0. The van der Waals surface area contributed by atoms with E-state index in [2.05, 4.69) is 4.98 Å². The molecule has 3 heteroatoms. The molecule has 0 unspecified atom stereocenters. The molecule has 1 radical (unpaired) electrons. The van der Waals surface area contributed by atoms with Crippen LogP contribution in [0.5, 0.6) is 0 Å². The summed E-state index contributed by atoms with van der Waals surface area (Å²) in [5.41, 5.74) is 0.795. The minimum absolute atomic E-state index is 0.0304. The third-order valence-corrected chi connectivity index (χ3v) is 1.22. The van der Waals surface area contributed by atoms with Crippen LogP contribution in [0.15, 0.2) is 23.4 Å².